The zero-order chi connectivity index (χ0) is 13.9. The summed E-state index contributed by atoms with van der Waals surface area (Å²) in [5.41, 5.74) is 0. The van der Waals surface area contributed by atoms with Crippen molar-refractivity contribution in [2.45, 2.75) is 4.90 Å². The van der Waals surface area contributed by atoms with Gasteiger partial charge in [0, 0.05) is 9.77 Å². The van der Waals surface area contributed by atoms with Crippen LogP contribution in [0.2, 0.25) is 0 Å². The SMILES string of the molecule is COc1ccc(S(=O)(=O)Nc2ccc(I)cn2)cc1. The third-order valence-corrected chi connectivity index (χ3v) is 4.34. The van der Waals surface area contributed by atoms with E-state index in [9.17, 15) is 8.42 Å². The maximum atomic E-state index is 12.1. The van der Waals surface area contributed by atoms with Gasteiger partial charge in [-0.05, 0) is 59.0 Å². The van der Waals surface area contributed by atoms with Crippen LogP contribution in [-0.2, 0) is 10.0 Å². The van der Waals surface area contributed by atoms with Crippen LogP contribution >= 0.6 is 22.6 Å². The number of ether oxygens (including phenoxy) is 1. The van der Waals surface area contributed by atoms with Crippen LogP contribution < -0.4 is 9.46 Å². The molecule has 0 bridgehead atoms. The summed E-state index contributed by atoms with van der Waals surface area (Å²) in [6.07, 6.45) is 1.59. The van der Waals surface area contributed by atoms with E-state index in [0.29, 0.717) is 5.75 Å². The Morgan fingerprint density at radius 1 is 1.16 bits per heavy atom. The summed E-state index contributed by atoms with van der Waals surface area (Å²) in [7, 11) is -2.10. The van der Waals surface area contributed by atoms with Crippen molar-refractivity contribution in [3.63, 3.8) is 0 Å². The van der Waals surface area contributed by atoms with E-state index in [4.69, 9.17) is 4.74 Å². The first-order valence-corrected chi connectivity index (χ1v) is 7.86. The van der Waals surface area contributed by atoms with Crippen molar-refractivity contribution in [3.05, 3.63) is 46.2 Å². The third-order valence-electron chi connectivity index (χ3n) is 2.34. The standard InChI is InChI=1S/C12H11IN2O3S/c1-18-10-3-5-11(6-4-10)19(16,17)15-12-7-2-9(13)8-14-12/h2-8H,1H3,(H,14,15). The molecule has 19 heavy (non-hydrogen) atoms. The molecule has 0 aliphatic carbocycles. The molecule has 7 heteroatoms. The van der Waals surface area contributed by atoms with Gasteiger partial charge in [-0.25, -0.2) is 13.4 Å². The highest BCUT2D eigenvalue weighted by Gasteiger charge is 2.14. The molecule has 2 aromatic rings. The van der Waals surface area contributed by atoms with E-state index in [-0.39, 0.29) is 10.7 Å². The topological polar surface area (TPSA) is 68.3 Å². The van der Waals surface area contributed by atoms with Crippen molar-refractivity contribution in [3.8, 4) is 5.75 Å². The first kappa shape index (κ1) is 14.1. The summed E-state index contributed by atoms with van der Waals surface area (Å²) in [5, 5.41) is 0. The van der Waals surface area contributed by atoms with E-state index < -0.39 is 10.0 Å². The maximum Gasteiger partial charge on any atom is 0.263 e. The van der Waals surface area contributed by atoms with Crippen LogP contribution in [0.25, 0.3) is 0 Å². The molecule has 0 radical (unpaired) electrons. The largest absolute Gasteiger partial charge is 0.497 e. The van der Waals surface area contributed by atoms with Gasteiger partial charge in [-0.1, -0.05) is 0 Å². The number of nitrogens with one attached hydrogen (secondary N) is 1. The number of halogens is 1. The van der Waals surface area contributed by atoms with E-state index in [0.717, 1.165) is 3.57 Å². The van der Waals surface area contributed by atoms with Crippen LogP contribution in [0, 0.1) is 3.57 Å². The smallest absolute Gasteiger partial charge is 0.263 e. The van der Waals surface area contributed by atoms with E-state index in [1.165, 1.54) is 19.2 Å². The highest BCUT2D eigenvalue weighted by atomic mass is 127. The molecule has 0 saturated carbocycles. The minimum absolute atomic E-state index is 0.161. The number of methoxy groups -OCH3 is 1. The molecular weight excluding hydrogens is 379 g/mol. The molecular formula is C12H11IN2O3S. The highest BCUT2D eigenvalue weighted by molar-refractivity contribution is 14.1. The fourth-order valence-corrected chi connectivity index (χ4v) is 2.72. The lowest BCUT2D eigenvalue weighted by molar-refractivity contribution is 0.414. The summed E-state index contributed by atoms with van der Waals surface area (Å²) in [6.45, 7) is 0. The minimum atomic E-state index is -3.62. The molecule has 0 amide bonds. The molecule has 0 aliphatic heterocycles. The average Bonchev–Trinajstić information content (AvgIpc) is 2.41. The summed E-state index contributed by atoms with van der Waals surface area (Å²) in [5.74, 6) is 0.891. The normalized spacial score (nSPS) is 11.1. The number of rotatable bonds is 4. The number of hydrogen-bond acceptors (Lipinski definition) is 4. The molecule has 1 N–H and O–H groups in total. The van der Waals surface area contributed by atoms with Crippen molar-refractivity contribution in [2.24, 2.45) is 0 Å². The van der Waals surface area contributed by atoms with Gasteiger partial charge in [-0.15, -0.1) is 0 Å². The molecule has 0 fully saturated rings. The summed E-state index contributed by atoms with van der Waals surface area (Å²) >= 11 is 2.10. The van der Waals surface area contributed by atoms with Gasteiger partial charge in [0.1, 0.15) is 11.6 Å². The number of benzene rings is 1. The Labute approximate surface area is 125 Å². The molecule has 0 spiro atoms. The number of anilines is 1. The molecule has 5 nitrogen and oxygen atoms in total. The van der Waals surface area contributed by atoms with Gasteiger partial charge in [-0.3, -0.25) is 4.72 Å². The molecule has 2 rings (SSSR count). The number of nitrogens with zero attached hydrogens (tertiary/aromatic N) is 1. The Kier molecular flexibility index (Phi) is 4.25. The molecule has 0 saturated heterocycles. The Morgan fingerprint density at radius 3 is 2.37 bits per heavy atom. The van der Waals surface area contributed by atoms with Gasteiger partial charge < -0.3 is 4.74 Å². The van der Waals surface area contributed by atoms with Crippen LogP contribution in [-0.4, -0.2) is 20.5 Å². The second-order valence-corrected chi connectivity index (χ2v) is 6.57. The molecule has 0 atom stereocenters. The second kappa shape index (κ2) is 5.74. The molecule has 100 valence electrons. The summed E-state index contributed by atoms with van der Waals surface area (Å²) in [6, 6.07) is 9.54. The first-order chi connectivity index (χ1) is 9.01. The Morgan fingerprint density at radius 2 is 1.84 bits per heavy atom. The van der Waals surface area contributed by atoms with Crippen molar-refractivity contribution >= 4 is 38.4 Å². The van der Waals surface area contributed by atoms with Gasteiger partial charge in [0.25, 0.3) is 10.0 Å². The van der Waals surface area contributed by atoms with Crippen LogP contribution in [0.4, 0.5) is 5.82 Å². The van der Waals surface area contributed by atoms with E-state index in [2.05, 4.69) is 32.3 Å². The zero-order valence-corrected chi connectivity index (χ0v) is 13.0. The van der Waals surface area contributed by atoms with Gasteiger partial charge in [0.2, 0.25) is 0 Å². The third kappa shape index (κ3) is 3.57. The minimum Gasteiger partial charge on any atom is -0.497 e. The van der Waals surface area contributed by atoms with Gasteiger partial charge in [0.05, 0.1) is 12.0 Å². The average molecular weight is 390 g/mol. The lowest BCUT2D eigenvalue weighted by Crippen LogP contribution is -2.13. The van der Waals surface area contributed by atoms with E-state index >= 15 is 0 Å². The Balaban J connectivity index is 2.24. The molecule has 1 aromatic carbocycles. The molecule has 0 unspecified atom stereocenters. The predicted octanol–water partition coefficient (Wildman–Crippen LogP) is 2.50. The van der Waals surface area contributed by atoms with Crippen molar-refractivity contribution in [1.29, 1.82) is 0 Å². The van der Waals surface area contributed by atoms with Crippen LogP contribution in [0.5, 0.6) is 5.75 Å². The molecule has 1 heterocycles. The molecule has 0 aliphatic rings. The fourth-order valence-electron chi connectivity index (χ4n) is 1.39. The zero-order valence-electron chi connectivity index (χ0n) is 10.00. The molecule has 1 aromatic heterocycles. The quantitative estimate of drug-likeness (QED) is 0.815. The summed E-state index contributed by atoms with van der Waals surface area (Å²) in [4.78, 5) is 4.16. The van der Waals surface area contributed by atoms with Crippen LogP contribution in [0.15, 0.2) is 47.5 Å². The Hall–Kier alpha value is -1.35. The number of pyridine rings is 1. The van der Waals surface area contributed by atoms with Gasteiger partial charge in [0.15, 0.2) is 0 Å². The number of sulfonamides is 1. The van der Waals surface area contributed by atoms with Crippen molar-refractivity contribution < 1.29 is 13.2 Å². The van der Waals surface area contributed by atoms with Gasteiger partial charge >= 0.3 is 0 Å². The predicted molar refractivity (Wildman–Crippen MR) is 80.8 cm³/mol. The van der Waals surface area contributed by atoms with Gasteiger partial charge in [-0.2, -0.15) is 0 Å². The van der Waals surface area contributed by atoms with E-state index in [1.807, 2.05) is 0 Å². The first-order valence-electron chi connectivity index (χ1n) is 5.30. The highest BCUT2D eigenvalue weighted by Crippen LogP contribution is 2.18. The lowest BCUT2D eigenvalue weighted by Gasteiger charge is -2.07. The van der Waals surface area contributed by atoms with Crippen molar-refractivity contribution in [2.75, 3.05) is 11.8 Å². The monoisotopic (exact) mass is 390 g/mol. The van der Waals surface area contributed by atoms with Crippen LogP contribution in [0.1, 0.15) is 0 Å². The summed E-state index contributed by atoms with van der Waals surface area (Å²) < 4.78 is 32.5. The number of aromatic nitrogens is 1. The second-order valence-electron chi connectivity index (χ2n) is 3.64. The maximum absolute atomic E-state index is 12.1. The lowest BCUT2D eigenvalue weighted by atomic mass is 10.3. The Bertz CT molecular complexity index is 654. The fraction of sp³-hybridized carbons (Fsp3) is 0.0833. The number of hydrogen-bond donors (Lipinski definition) is 1. The van der Waals surface area contributed by atoms with Crippen molar-refractivity contribution in [1.82, 2.24) is 4.98 Å². The van der Waals surface area contributed by atoms with Crippen LogP contribution in [0.3, 0.4) is 0 Å². The van der Waals surface area contributed by atoms with E-state index in [1.54, 1.807) is 30.5 Å².